The van der Waals surface area contributed by atoms with E-state index in [0.29, 0.717) is 28.9 Å². The molecule has 4 rings (SSSR count). The predicted octanol–water partition coefficient (Wildman–Crippen LogP) is 4.88. The summed E-state index contributed by atoms with van der Waals surface area (Å²) in [6, 6.07) is 10.6. The summed E-state index contributed by atoms with van der Waals surface area (Å²) in [6.45, 7) is 2.34. The van der Waals surface area contributed by atoms with E-state index in [2.05, 4.69) is 11.4 Å². The summed E-state index contributed by atoms with van der Waals surface area (Å²) in [6.07, 6.45) is 1.72. The highest BCUT2D eigenvalue weighted by Gasteiger charge is 2.29. The number of fused-ring (bicyclic) bond motifs is 1. The van der Waals surface area contributed by atoms with Gasteiger partial charge in [0.15, 0.2) is 17.6 Å². The number of halogens is 3. The van der Waals surface area contributed by atoms with Gasteiger partial charge in [0.05, 0.1) is 0 Å². The Morgan fingerprint density at radius 2 is 1.88 bits per heavy atom. The van der Waals surface area contributed by atoms with Crippen LogP contribution < -0.4 is 14.8 Å². The predicted molar refractivity (Wildman–Crippen MR) is 98.8 cm³/mol. The number of ether oxygens (including phenoxy) is 2. The van der Waals surface area contributed by atoms with Crippen molar-refractivity contribution in [1.82, 2.24) is 5.32 Å². The fraction of sp³-hybridized carbons (Fsp3) is 0.368. The lowest BCUT2D eigenvalue weighted by atomic mass is 9.89. The van der Waals surface area contributed by atoms with Gasteiger partial charge in [-0.15, -0.1) is 12.4 Å². The molecule has 0 saturated carbocycles. The van der Waals surface area contributed by atoms with E-state index >= 15 is 0 Å². The second-order valence-electron chi connectivity index (χ2n) is 6.28. The first-order valence-electron chi connectivity index (χ1n) is 8.30. The average Bonchev–Trinajstić information content (AvgIpc) is 2.61. The molecule has 2 aliphatic rings. The Kier molecular flexibility index (Phi) is 5.72. The van der Waals surface area contributed by atoms with Gasteiger partial charge in [-0.2, -0.15) is 0 Å². The summed E-state index contributed by atoms with van der Waals surface area (Å²) in [5.41, 5.74) is 1.67. The first-order chi connectivity index (χ1) is 11.7. The summed E-state index contributed by atoms with van der Waals surface area (Å²) in [7, 11) is 0. The number of hydrogen-bond donors (Lipinski definition) is 1. The Labute approximate surface area is 157 Å². The second-order valence-corrected chi connectivity index (χ2v) is 6.72. The molecular formula is C19H20Cl2FNO2. The van der Waals surface area contributed by atoms with Crippen LogP contribution in [0.25, 0.3) is 0 Å². The monoisotopic (exact) mass is 383 g/mol. The summed E-state index contributed by atoms with van der Waals surface area (Å²) in [5.74, 6) is 1.62. The van der Waals surface area contributed by atoms with E-state index in [4.69, 9.17) is 21.1 Å². The van der Waals surface area contributed by atoms with Gasteiger partial charge in [0.1, 0.15) is 12.4 Å². The zero-order chi connectivity index (χ0) is 16.5. The van der Waals surface area contributed by atoms with Crippen LogP contribution in [-0.4, -0.2) is 19.7 Å². The average molecular weight is 384 g/mol. The van der Waals surface area contributed by atoms with Gasteiger partial charge in [-0.1, -0.05) is 29.8 Å². The third kappa shape index (κ3) is 3.71. The molecule has 0 amide bonds. The van der Waals surface area contributed by atoms with E-state index < -0.39 is 6.10 Å². The van der Waals surface area contributed by atoms with Crippen LogP contribution in [0.5, 0.6) is 11.5 Å². The number of hydrogen-bond acceptors (Lipinski definition) is 3. The normalized spacial score (nSPS) is 20.0. The number of nitrogens with one attached hydrogen (secondary N) is 1. The summed E-state index contributed by atoms with van der Waals surface area (Å²) in [5, 5.41) is 3.76. The molecule has 6 heteroatoms. The molecule has 3 nitrogen and oxygen atoms in total. The van der Waals surface area contributed by atoms with Crippen molar-refractivity contribution in [2.45, 2.75) is 24.9 Å². The van der Waals surface area contributed by atoms with E-state index in [1.165, 1.54) is 11.6 Å². The fourth-order valence-corrected chi connectivity index (χ4v) is 3.66. The molecule has 1 saturated heterocycles. The molecule has 1 fully saturated rings. The fourth-order valence-electron chi connectivity index (χ4n) is 3.50. The first kappa shape index (κ1) is 18.3. The molecule has 0 spiro atoms. The molecular weight excluding hydrogens is 364 g/mol. The molecule has 2 aliphatic heterocycles. The van der Waals surface area contributed by atoms with Crippen LogP contribution in [-0.2, 0) is 0 Å². The summed E-state index contributed by atoms with van der Waals surface area (Å²) in [4.78, 5) is 0. The van der Waals surface area contributed by atoms with Gasteiger partial charge in [0.2, 0.25) is 0 Å². The maximum absolute atomic E-state index is 14.2. The lowest BCUT2D eigenvalue weighted by molar-refractivity contribution is 0.0869. The minimum atomic E-state index is -0.460. The number of piperidine rings is 1. The van der Waals surface area contributed by atoms with Crippen molar-refractivity contribution < 1.29 is 13.9 Å². The lowest BCUT2D eigenvalue weighted by Gasteiger charge is -2.31. The van der Waals surface area contributed by atoms with Crippen LogP contribution in [0.15, 0.2) is 36.4 Å². The third-order valence-corrected chi connectivity index (χ3v) is 4.98. The number of benzene rings is 2. The molecule has 25 heavy (non-hydrogen) atoms. The minimum Gasteiger partial charge on any atom is -0.485 e. The van der Waals surface area contributed by atoms with Crippen molar-refractivity contribution in [3.63, 3.8) is 0 Å². The molecule has 0 aromatic heterocycles. The summed E-state index contributed by atoms with van der Waals surface area (Å²) < 4.78 is 26.2. The molecule has 2 heterocycles. The highest BCUT2D eigenvalue weighted by atomic mass is 35.5. The topological polar surface area (TPSA) is 30.5 Å². The van der Waals surface area contributed by atoms with Crippen molar-refractivity contribution in [1.29, 1.82) is 0 Å². The van der Waals surface area contributed by atoms with Gasteiger partial charge in [0.25, 0.3) is 0 Å². The smallest absolute Gasteiger partial charge is 0.164 e. The van der Waals surface area contributed by atoms with Crippen molar-refractivity contribution in [2.75, 3.05) is 19.7 Å². The third-order valence-electron chi connectivity index (χ3n) is 4.75. The lowest BCUT2D eigenvalue weighted by Crippen LogP contribution is -2.28. The zero-order valence-electron chi connectivity index (χ0n) is 13.6. The van der Waals surface area contributed by atoms with Gasteiger partial charge < -0.3 is 14.8 Å². The Morgan fingerprint density at radius 1 is 1.08 bits per heavy atom. The molecule has 1 atom stereocenters. The van der Waals surface area contributed by atoms with Gasteiger partial charge in [0, 0.05) is 16.1 Å². The van der Waals surface area contributed by atoms with Gasteiger partial charge >= 0.3 is 0 Å². The quantitative estimate of drug-likeness (QED) is 0.801. The molecule has 134 valence electrons. The van der Waals surface area contributed by atoms with E-state index in [0.717, 1.165) is 31.7 Å². The highest BCUT2D eigenvalue weighted by Crippen LogP contribution is 2.43. The molecule has 1 N–H and O–H groups in total. The number of rotatable bonds is 2. The molecule has 2 aromatic carbocycles. The van der Waals surface area contributed by atoms with E-state index in [1.807, 2.05) is 12.1 Å². The Morgan fingerprint density at radius 3 is 2.64 bits per heavy atom. The minimum absolute atomic E-state index is 0. The van der Waals surface area contributed by atoms with Crippen LogP contribution in [0.2, 0.25) is 5.02 Å². The standard InChI is InChI=1S/C19H19ClFNO2.ClH/c20-13-4-5-15(16(21)10-13)18-11-23-19-14(2-1-3-17(19)24-18)12-6-8-22-9-7-12;/h1-5,10,12,18,22H,6-9,11H2;1H. The van der Waals surface area contributed by atoms with E-state index in [9.17, 15) is 4.39 Å². The Balaban J connectivity index is 0.00000182. The SMILES string of the molecule is Cl.Fc1cc(Cl)ccc1C1COc2c(cccc2C2CCNCC2)O1. The first-order valence-corrected chi connectivity index (χ1v) is 8.68. The van der Waals surface area contributed by atoms with Gasteiger partial charge in [-0.05, 0) is 50.0 Å². The molecule has 2 aromatic rings. The van der Waals surface area contributed by atoms with Crippen LogP contribution >= 0.6 is 24.0 Å². The highest BCUT2D eigenvalue weighted by molar-refractivity contribution is 6.30. The van der Waals surface area contributed by atoms with Crippen LogP contribution in [0.1, 0.15) is 36.0 Å². The van der Waals surface area contributed by atoms with Crippen LogP contribution in [0, 0.1) is 5.82 Å². The Hall–Kier alpha value is -1.49. The zero-order valence-corrected chi connectivity index (χ0v) is 15.2. The summed E-state index contributed by atoms with van der Waals surface area (Å²) >= 11 is 5.83. The maximum Gasteiger partial charge on any atom is 0.164 e. The number of para-hydroxylation sites is 1. The molecule has 0 bridgehead atoms. The molecule has 0 aliphatic carbocycles. The van der Waals surface area contributed by atoms with Crippen LogP contribution in [0.4, 0.5) is 4.39 Å². The van der Waals surface area contributed by atoms with Crippen molar-refractivity contribution in [3.05, 3.63) is 58.4 Å². The maximum atomic E-state index is 14.2. The van der Waals surface area contributed by atoms with Crippen molar-refractivity contribution in [2.24, 2.45) is 0 Å². The van der Waals surface area contributed by atoms with Crippen molar-refractivity contribution in [3.8, 4) is 11.5 Å². The molecule has 1 unspecified atom stereocenters. The van der Waals surface area contributed by atoms with Gasteiger partial charge in [-0.25, -0.2) is 4.39 Å². The van der Waals surface area contributed by atoms with Crippen LogP contribution in [0.3, 0.4) is 0 Å². The van der Waals surface area contributed by atoms with Gasteiger partial charge in [-0.3, -0.25) is 0 Å². The van der Waals surface area contributed by atoms with Crippen molar-refractivity contribution >= 4 is 24.0 Å². The second kappa shape index (κ2) is 7.81. The Bertz CT molecular complexity index is 750. The van der Waals surface area contributed by atoms with E-state index in [-0.39, 0.29) is 18.2 Å². The largest absolute Gasteiger partial charge is 0.485 e. The van der Waals surface area contributed by atoms with E-state index in [1.54, 1.807) is 12.1 Å². The molecule has 0 radical (unpaired) electrons.